The van der Waals surface area contributed by atoms with Crippen LogP contribution < -0.4 is 10.6 Å². The lowest BCUT2D eigenvalue weighted by Gasteiger charge is -2.18. The first kappa shape index (κ1) is 23.7. The normalized spacial score (nSPS) is 13.4. The molecule has 2 N–H and O–H groups in total. The minimum atomic E-state index is -1.08. The molecule has 2 aromatic rings. The van der Waals surface area contributed by atoms with E-state index in [1.165, 1.54) is 11.8 Å². The van der Waals surface area contributed by atoms with Crippen LogP contribution in [-0.2, 0) is 19.1 Å². The highest BCUT2D eigenvalue weighted by molar-refractivity contribution is 6.08. The van der Waals surface area contributed by atoms with Gasteiger partial charge in [-0.05, 0) is 38.0 Å². The van der Waals surface area contributed by atoms with E-state index >= 15 is 0 Å². The van der Waals surface area contributed by atoms with Crippen molar-refractivity contribution in [1.82, 2.24) is 10.2 Å². The molecule has 172 valence electrons. The van der Waals surface area contributed by atoms with Crippen molar-refractivity contribution in [1.29, 1.82) is 0 Å². The van der Waals surface area contributed by atoms with E-state index in [4.69, 9.17) is 4.74 Å². The van der Waals surface area contributed by atoms with Gasteiger partial charge in [-0.2, -0.15) is 0 Å². The molecule has 3 amide bonds. The van der Waals surface area contributed by atoms with Crippen molar-refractivity contribution < 1.29 is 23.9 Å². The van der Waals surface area contributed by atoms with Gasteiger partial charge in [0.1, 0.15) is 0 Å². The van der Waals surface area contributed by atoms with Gasteiger partial charge >= 0.3 is 5.97 Å². The zero-order chi connectivity index (χ0) is 24.1. The number of esters is 1. The van der Waals surface area contributed by atoms with Gasteiger partial charge in [-0.1, -0.05) is 43.0 Å². The molecule has 0 aromatic heterocycles. The summed E-state index contributed by atoms with van der Waals surface area (Å²) in [4.78, 5) is 50.5. The third-order valence-corrected chi connectivity index (χ3v) is 5.43. The number of ether oxygens (including phenoxy) is 1. The number of nitrogens with zero attached hydrogens (tertiary/aromatic N) is 1. The molecule has 2 aromatic carbocycles. The van der Waals surface area contributed by atoms with Crippen LogP contribution in [0, 0.1) is 13.8 Å². The molecule has 1 unspecified atom stereocenters. The number of para-hydroxylation sites is 1. The molecule has 0 saturated carbocycles. The molecule has 33 heavy (non-hydrogen) atoms. The van der Waals surface area contributed by atoms with E-state index in [1.807, 2.05) is 38.1 Å². The monoisotopic (exact) mass is 449 g/mol. The van der Waals surface area contributed by atoms with E-state index in [0.717, 1.165) is 16.7 Å². The Morgan fingerprint density at radius 2 is 1.67 bits per heavy atom. The number of aryl methyl sites for hydroxylation is 2. The molecule has 0 radical (unpaired) electrons. The molecule has 1 heterocycles. The molecule has 8 heteroatoms. The van der Waals surface area contributed by atoms with Gasteiger partial charge in [0.05, 0.1) is 13.0 Å². The molecule has 0 spiro atoms. The number of carbonyl (C=O) groups is 4. The summed E-state index contributed by atoms with van der Waals surface area (Å²) in [6.45, 7) is 8.95. The van der Waals surface area contributed by atoms with Crippen molar-refractivity contribution in [3.63, 3.8) is 0 Å². The van der Waals surface area contributed by atoms with Crippen LogP contribution in [-0.4, -0.2) is 47.8 Å². The predicted octanol–water partition coefficient (Wildman–Crippen LogP) is 2.81. The summed E-state index contributed by atoms with van der Waals surface area (Å²) in [5.41, 5.74) is 4.35. The van der Waals surface area contributed by atoms with E-state index < -0.39 is 18.0 Å². The Hall–Kier alpha value is -3.94. The van der Waals surface area contributed by atoms with E-state index in [1.54, 1.807) is 18.2 Å². The number of carbonyl (C=O) groups excluding carboxylic acids is 4. The maximum Gasteiger partial charge on any atom is 0.308 e. The average Bonchev–Trinajstić information content (AvgIpc) is 3.03. The number of amides is 3. The highest BCUT2D eigenvalue weighted by Gasteiger charge is 2.31. The molecule has 0 aliphatic carbocycles. The summed E-state index contributed by atoms with van der Waals surface area (Å²) in [5, 5.41) is 5.24. The molecule has 1 aliphatic heterocycles. The number of rotatable bonds is 8. The molecule has 0 saturated heterocycles. The summed E-state index contributed by atoms with van der Waals surface area (Å²) >= 11 is 0. The van der Waals surface area contributed by atoms with Crippen molar-refractivity contribution in [3.05, 3.63) is 71.3 Å². The van der Waals surface area contributed by atoms with Crippen LogP contribution in [0.3, 0.4) is 0 Å². The van der Waals surface area contributed by atoms with E-state index in [2.05, 4.69) is 17.2 Å². The van der Waals surface area contributed by atoms with Crippen molar-refractivity contribution in [2.75, 3.05) is 18.4 Å². The smallest absolute Gasteiger partial charge is 0.308 e. The highest BCUT2D eigenvalue weighted by atomic mass is 16.5. The number of anilines is 1. The van der Waals surface area contributed by atoms with Crippen molar-refractivity contribution >= 4 is 35.1 Å². The number of fused-ring (bicyclic) bond motifs is 1. The fraction of sp³-hybridized carbons (Fsp3) is 0.280. The minimum Gasteiger partial charge on any atom is -0.452 e. The standard InChI is InChI=1S/C25H27N3O5/c1-15-8-7-9-16(2)23(15)27-21(29)14-26-24(31)18(4)33-22(30)12-13-28-17(3)19-10-5-6-11-20(19)25(28)32/h5-11,18H,3,12-14H2,1-2,4H3,(H,26,31)(H,27,29). The molecular formula is C25H27N3O5. The van der Waals surface area contributed by atoms with Crippen LogP contribution in [0.5, 0.6) is 0 Å². The second-order valence-corrected chi connectivity index (χ2v) is 7.86. The average molecular weight is 450 g/mol. The van der Waals surface area contributed by atoms with E-state index in [-0.39, 0.29) is 31.3 Å². The topological polar surface area (TPSA) is 105 Å². The third kappa shape index (κ3) is 5.46. The summed E-state index contributed by atoms with van der Waals surface area (Å²) in [7, 11) is 0. The third-order valence-electron chi connectivity index (χ3n) is 5.43. The Morgan fingerprint density at radius 1 is 1.03 bits per heavy atom. The number of nitrogens with one attached hydrogen (secondary N) is 2. The molecule has 0 bridgehead atoms. The van der Waals surface area contributed by atoms with E-state index in [9.17, 15) is 19.2 Å². The van der Waals surface area contributed by atoms with Crippen molar-refractivity contribution in [3.8, 4) is 0 Å². The first-order valence-corrected chi connectivity index (χ1v) is 10.6. The minimum absolute atomic E-state index is 0.0938. The summed E-state index contributed by atoms with van der Waals surface area (Å²) in [6, 6.07) is 12.8. The molecule has 3 rings (SSSR count). The fourth-order valence-electron chi connectivity index (χ4n) is 3.59. The molecular weight excluding hydrogens is 422 g/mol. The van der Waals surface area contributed by atoms with Gasteiger partial charge in [0.15, 0.2) is 6.10 Å². The zero-order valence-electron chi connectivity index (χ0n) is 18.9. The quantitative estimate of drug-likeness (QED) is 0.603. The largest absolute Gasteiger partial charge is 0.452 e. The van der Waals surface area contributed by atoms with Crippen LogP contribution in [0.4, 0.5) is 5.69 Å². The van der Waals surface area contributed by atoms with Crippen LogP contribution in [0.2, 0.25) is 0 Å². The Labute approximate surface area is 192 Å². The maximum atomic E-state index is 12.5. The summed E-state index contributed by atoms with van der Waals surface area (Å²) < 4.78 is 5.16. The van der Waals surface area contributed by atoms with Crippen LogP contribution in [0.1, 0.15) is 40.4 Å². The first-order chi connectivity index (χ1) is 15.7. The van der Waals surface area contributed by atoms with Gasteiger partial charge in [0.2, 0.25) is 5.91 Å². The Morgan fingerprint density at radius 3 is 2.30 bits per heavy atom. The maximum absolute atomic E-state index is 12.5. The Bertz CT molecular complexity index is 1070. The second-order valence-electron chi connectivity index (χ2n) is 7.86. The second kappa shape index (κ2) is 10.1. The number of hydrogen-bond acceptors (Lipinski definition) is 5. The SMILES string of the molecule is C=C1c2ccccc2C(=O)N1CCC(=O)OC(C)C(=O)NCC(=O)Nc1c(C)cccc1C. The molecule has 1 aliphatic rings. The zero-order valence-corrected chi connectivity index (χ0v) is 18.9. The van der Waals surface area contributed by atoms with Crippen molar-refractivity contribution in [2.45, 2.75) is 33.3 Å². The number of benzene rings is 2. The van der Waals surface area contributed by atoms with Gasteiger partial charge in [-0.15, -0.1) is 0 Å². The lowest BCUT2D eigenvalue weighted by molar-refractivity contribution is -0.154. The summed E-state index contributed by atoms with van der Waals surface area (Å²) in [5.74, 6) is -1.82. The Kier molecular flexibility index (Phi) is 7.27. The molecule has 8 nitrogen and oxygen atoms in total. The first-order valence-electron chi connectivity index (χ1n) is 10.6. The van der Waals surface area contributed by atoms with Crippen LogP contribution in [0.25, 0.3) is 5.70 Å². The van der Waals surface area contributed by atoms with Gasteiger partial charge in [-0.25, -0.2) is 0 Å². The van der Waals surface area contributed by atoms with E-state index in [0.29, 0.717) is 16.9 Å². The van der Waals surface area contributed by atoms with Gasteiger partial charge in [0, 0.05) is 29.1 Å². The van der Waals surface area contributed by atoms with Gasteiger partial charge < -0.3 is 20.3 Å². The summed E-state index contributed by atoms with van der Waals surface area (Å²) in [6.07, 6.45) is -1.18. The Balaban J connectivity index is 1.43. The fourth-order valence-corrected chi connectivity index (χ4v) is 3.59. The number of hydrogen-bond donors (Lipinski definition) is 2. The van der Waals surface area contributed by atoms with Crippen LogP contribution in [0.15, 0.2) is 49.0 Å². The molecule has 1 atom stereocenters. The van der Waals surface area contributed by atoms with Crippen LogP contribution >= 0.6 is 0 Å². The van der Waals surface area contributed by atoms with Crippen molar-refractivity contribution in [2.24, 2.45) is 0 Å². The molecule has 0 fully saturated rings. The lowest BCUT2D eigenvalue weighted by atomic mass is 10.1. The lowest BCUT2D eigenvalue weighted by Crippen LogP contribution is -2.40. The highest BCUT2D eigenvalue weighted by Crippen LogP contribution is 2.31. The van der Waals surface area contributed by atoms with Gasteiger partial charge in [-0.3, -0.25) is 19.2 Å². The van der Waals surface area contributed by atoms with Gasteiger partial charge in [0.25, 0.3) is 11.8 Å². The predicted molar refractivity (Wildman–Crippen MR) is 124 cm³/mol.